The number of halogens is 1. The van der Waals surface area contributed by atoms with E-state index in [-0.39, 0.29) is 5.54 Å². The predicted octanol–water partition coefficient (Wildman–Crippen LogP) is 2.78. The summed E-state index contributed by atoms with van der Waals surface area (Å²) in [5.74, 6) is 1.56. The molecule has 1 atom stereocenters. The van der Waals surface area contributed by atoms with E-state index in [1.54, 1.807) is 6.33 Å². The fourth-order valence-electron chi connectivity index (χ4n) is 1.97. The summed E-state index contributed by atoms with van der Waals surface area (Å²) in [7, 11) is 0. The number of aromatic nitrogens is 2. The number of fused-ring (bicyclic) bond motifs is 1. The lowest BCUT2D eigenvalue weighted by Gasteiger charge is -2.28. The van der Waals surface area contributed by atoms with Crippen molar-refractivity contribution < 1.29 is 0 Å². The van der Waals surface area contributed by atoms with Gasteiger partial charge in [0, 0.05) is 22.7 Å². The molecule has 0 radical (unpaired) electrons. The van der Waals surface area contributed by atoms with Gasteiger partial charge in [0.25, 0.3) is 0 Å². The second kappa shape index (κ2) is 4.58. The van der Waals surface area contributed by atoms with E-state index >= 15 is 0 Å². The first-order valence-electron chi connectivity index (χ1n) is 5.85. The topological polar surface area (TPSA) is 37.8 Å². The molecule has 1 heterocycles. The Morgan fingerprint density at radius 1 is 1.44 bits per heavy atom. The first-order chi connectivity index (χ1) is 7.68. The van der Waals surface area contributed by atoms with Crippen molar-refractivity contribution in [3.8, 4) is 0 Å². The summed E-state index contributed by atoms with van der Waals surface area (Å²) in [5, 5.41) is 3.47. The Morgan fingerprint density at radius 2 is 2.25 bits per heavy atom. The largest absolute Gasteiger partial charge is 0.363 e. The van der Waals surface area contributed by atoms with Gasteiger partial charge >= 0.3 is 0 Å². The number of hydrogen-bond acceptors (Lipinski definition) is 3. The van der Waals surface area contributed by atoms with Gasteiger partial charge in [0.2, 0.25) is 0 Å². The lowest BCUT2D eigenvalue weighted by atomic mass is 10.0. The molecule has 1 aliphatic rings. The van der Waals surface area contributed by atoms with E-state index < -0.39 is 0 Å². The molecule has 0 fully saturated rings. The number of aryl methyl sites for hydroxylation is 1. The number of rotatable bonds is 4. The number of nitrogens with zero attached hydrogens (tertiary/aromatic N) is 2. The first kappa shape index (κ1) is 11.6. The molecule has 0 aliphatic heterocycles. The van der Waals surface area contributed by atoms with Crippen LogP contribution in [0.5, 0.6) is 0 Å². The third-order valence-electron chi connectivity index (χ3n) is 3.37. The van der Waals surface area contributed by atoms with Crippen LogP contribution in [0.2, 0.25) is 0 Å². The van der Waals surface area contributed by atoms with Gasteiger partial charge in [-0.1, -0.05) is 6.92 Å². The minimum atomic E-state index is -0.0771. The Hall–Kier alpha value is -0.830. The Morgan fingerprint density at radius 3 is 2.94 bits per heavy atom. The summed E-state index contributed by atoms with van der Waals surface area (Å²) < 4.78 is 0. The lowest BCUT2D eigenvalue weighted by Crippen LogP contribution is -2.36. The molecule has 0 saturated carbocycles. The molecule has 0 amide bonds. The van der Waals surface area contributed by atoms with Crippen LogP contribution in [0.15, 0.2) is 6.33 Å². The molecule has 1 aromatic rings. The quantitative estimate of drug-likeness (QED) is 0.822. The highest BCUT2D eigenvalue weighted by atomic mass is 35.5. The van der Waals surface area contributed by atoms with E-state index in [0.29, 0.717) is 5.88 Å². The van der Waals surface area contributed by atoms with Gasteiger partial charge in [-0.25, -0.2) is 9.97 Å². The maximum Gasteiger partial charge on any atom is 0.133 e. The zero-order valence-electron chi connectivity index (χ0n) is 9.89. The van der Waals surface area contributed by atoms with Crippen LogP contribution < -0.4 is 5.32 Å². The number of anilines is 1. The van der Waals surface area contributed by atoms with Gasteiger partial charge < -0.3 is 5.32 Å². The molecule has 1 aromatic heterocycles. The van der Waals surface area contributed by atoms with Crippen LogP contribution in [-0.4, -0.2) is 21.4 Å². The molecular weight excluding hydrogens is 222 g/mol. The molecule has 1 N–H and O–H groups in total. The molecule has 0 aromatic carbocycles. The van der Waals surface area contributed by atoms with Crippen LogP contribution >= 0.6 is 11.6 Å². The number of alkyl halides is 1. The fraction of sp³-hybridized carbons (Fsp3) is 0.667. The highest BCUT2D eigenvalue weighted by molar-refractivity contribution is 6.18. The molecule has 0 spiro atoms. The molecule has 1 unspecified atom stereocenters. The molecule has 3 nitrogen and oxygen atoms in total. The molecule has 0 bridgehead atoms. The minimum absolute atomic E-state index is 0.0771. The Bertz CT molecular complexity index is 375. The third-order valence-corrected chi connectivity index (χ3v) is 3.96. The Kier molecular flexibility index (Phi) is 3.33. The molecule has 1 aliphatic carbocycles. The molecule has 16 heavy (non-hydrogen) atoms. The van der Waals surface area contributed by atoms with E-state index in [1.165, 1.54) is 17.7 Å². The van der Waals surface area contributed by atoms with Crippen molar-refractivity contribution in [2.75, 3.05) is 11.2 Å². The molecule has 2 rings (SSSR count). The highest BCUT2D eigenvalue weighted by Crippen LogP contribution is 2.28. The minimum Gasteiger partial charge on any atom is -0.363 e. The van der Waals surface area contributed by atoms with Crippen LogP contribution in [0.25, 0.3) is 0 Å². The van der Waals surface area contributed by atoms with Gasteiger partial charge in [0.1, 0.15) is 12.1 Å². The SMILES string of the molecule is CCC(C)(CCl)Nc1ncnc2c1CCC2. The van der Waals surface area contributed by atoms with Gasteiger partial charge in [0.05, 0.1) is 0 Å². The second-order valence-electron chi connectivity index (χ2n) is 4.67. The van der Waals surface area contributed by atoms with Crippen LogP contribution in [0.3, 0.4) is 0 Å². The van der Waals surface area contributed by atoms with Crippen molar-refractivity contribution in [1.29, 1.82) is 0 Å². The van der Waals surface area contributed by atoms with E-state index in [1.807, 2.05) is 0 Å². The van der Waals surface area contributed by atoms with Crippen LogP contribution in [-0.2, 0) is 12.8 Å². The molecule has 88 valence electrons. The summed E-state index contributed by atoms with van der Waals surface area (Å²) in [4.78, 5) is 8.67. The van der Waals surface area contributed by atoms with E-state index in [4.69, 9.17) is 11.6 Å². The maximum absolute atomic E-state index is 6.00. The summed E-state index contributed by atoms with van der Waals surface area (Å²) >= 11 is 6.00. The summed E-state index contributed by atoms with van der Waals surface area (Å²) in [6, 6.07) is 0. The van der Waals surface area contributed by atoms with E-state index in [0.717, 1.165) is 25.1 Å². The standard InChI is InChI=1S/C12H18ClN3/c1-3-12(2,7-13)16-11-9-5-4-6-10(9)14-8-15-11/h8H,3-7H2,1-2H3,(H,14,15,16). The van der Waals surface area contributed by atoms with Crippen molar-refractivity contribution in [2.45, 2.75) is 45.1 Å². The molecule has 4 heteroatoms. The Labute approximate surface area is 102 Å². The van der Waals surface area contributed by atoms with Crippen molar-refractivity contribution in [2.24, 2.45) is 0 Å². The summed E-state index contributed by atoms with van der Waals surface area (Å²) in [6.07, 6.45) is 5.98. The monoisotopic (exact) mass is 239 g/mol. The van der Waals surface area contributed by atoms with Crippen LogP contribution in [0.4, 0.5) is 5.82 Å². The maximum atomic E-state index is 6.00. The van der Waals surface area contributed by atoms with Crippen molar-refractivity contribution in [3.05, 3.63) is 17.6 Å². The zero-order chi connectivity index (χ0) is 11.6. The third kappa shape index (κ3) is 2.14. The summed E-state index contributed by atoms with van der Waals surface area (Å²) in [5.41, 5.74) is 2.41. The molecule has 0 saturated heterocycles. The zero-order valence-corrected chi connectivity index (χ0v) is 10.6. The number of nitrogens with one attached hydrogen (secondary N) is 1. The van der Waals surface area contributed by atoms with Crippen molar-refractivity contribution >= 4 is 17.4 Å². The van der Waals surface area contributed by atoms with Gasteiger partial charge in [-0.2, -0.15) is 0 Å². The number of hydrogen-bond donors (Lipinski definition) is 1. The normalized spacial score (nSPS) is 17.9. The van der Waals surface area contributed by atoms with E-state index in [2.05, 4.69) is 29.1 Å². The lowest BCUT2D eigenvalue weighted by molar-refractivity contribution is 0.550. The van der Waals surface area contributed by atoms with Gasteiger partial charge in [-0.15, -0.1) is 11.6 Å². The van der Waals surface area contributed by atoms with E-state index in [9.17, 15) is 0 Å². The van der Waals surface area contributed by atoms with Gasteiger partial charge in [-0.3, -0.25) is 0 Å². The second-order valence-corrected chi connectivity index (χ2v) is 4.94. The average Bonchev–Trinajstić information content (AvgIpc) is 2.78. The first-order valence-corrected chi connectivity index (χ1v) is 6.39. The summed E-state index contributed by atoms with van der Waals surface area (Å²) in [6.45, 7) is 4.26. The smallest absolute Gasteiger partial charge is 0.133 e. The van der Waals surface area contributed by atoms with Gasteiger partial charge in [-0.05, 0) is 32.6 Å². The molecular formula is C12H18ClN3. The highest BCUT2D eigenvalue weighted by Gasteiger charge is 2.24. The Balaban J connectivity index is 2.25. The van der Waals surface area contributed by atoms with Crippen LogP contribution in [0, 0.1) is 0 Å². The average molecular weight is 240 g/mol. The van der Waals surface area contributed by atoms with Crippen molar-refractivity contribution in [3.63, 3.8) is 0 Å². The fourth-order valence-corrected chi connectivity index (χ4v) is 2.23. The van der Waals surface area contributed by atoms with Crippen molar-refractivity contribution in [1.82, 2.24) is 9.97 Å². The van der Waals surface area contributed by atoms with Crippen LogP contribution in [0.1, 0.15) is 37.9 Å². The predicted molar refractivity (Wildman–Crippen MR) is 67.1 cm³/mol. The van der Waals surface area contributed by atoms with Gasteiger partial charge in [0.15, 0.2) is 0 Å².